The number of esters is 1. The van der Waals surface area contributed by atoms with Crippen molar-refractivity contribution in [3.05, 3.63) is 46.7 Å². The molecular weight excluding hydrogens is 286 g/mol. The van der Waals surface area contributed by atoms with E-state index in [0.29, 0.717) is 16.4 Å². The van der Waals surface area contributed by atoms with Crippen molar-refractivity contribution in [2.24, 2.45) is 0 Å². The first-order valence-corrected chi connectivity index (χ1v) is 6.16. The average molecular weight is 298 g/mol. The van der Waals surface area contributed by atoms with Gasteiger partial charge in [0.1, 0.15) is 0 Å². The Labute approximate surface area is 119 Å². The summed E-state index contributed by atoms with van der Waals surface area (Å²) in [6.07, 6.45) is 0. The zero-order valence-electron chi connectivity index (χ0n) is 10.8. The van der Waals surface area contributed by atoms with E-state index in [0.717, 1.165) is 12.1 Å². The number of ether oxygens (including phenoxy) is 1. The second-order valence-corrected chi connectivity index (χ2v) is 4.64. The van der Waals surface area contributed by atoms with Crippen molar-refractivity contribution in [1.82, 2.24) is 10.6 Å². The molecule has 0 amide bonds. The molecular formula is C13H12F2N2O2S. The summed E-state index contributed by atoms with van der Waals surface area (Å²) in [7, 11) is 1.25. The van der Waals surface area contributed by atoms with Gasteiger partial charge in [0.25, 0.3) is 0 Å². The quantitative estimate of drug-likeness (QED) is 0.645. The van der Waals surface area contributed by atoms with Gasteiger partial charge in [-0.25, -0.2) is 13.6 Å². The van der Waals surface area contributed by atoms with Gasteiger partial charge in [0, 0.05) is 5.70 Å². The van der Waals surface area contributed by atoms with Gasteiger partial charge in [-0.3, -0.25) is 0 Å². The van der Waals surface area contributed by atoms with Crippen LogP contribution in [-0.2, 0) is 9.53 Å². The number of allylic oxidation sites excluding steroid dienone is 1. The lowest BCUT2D eigenvalue weighted by Crippen LogP contribution is -2.45. The largest absolute Gasteiger partial charge is 0.466 e. The number of nitrogens with one attached hydrogen (secondary N) is 2. The summed E-state index contributed by atoms with van der Waals surface area (Å²) in [5, 5.41) is 5.95. The zero-order valence-corrected chi connectivity index (χ0v) is 11.6. The standard InChI is InChI=1S/C13H12F2N2O2S/c1-6-10(12(18)19-2)11(17-13(20)16-6)7-3-4-8(14)9(15)5-7/h3-5,11H,1-2H3,(H2,16,17,20)/t11-/m0/s1. The van der Waals surface area contributed by atoms with Crippen molar-refractivity contribution < 1.29 is 18.3 Å². The minimum Gasteiger partial charge on any atom is -0.466 e. The van der Waals surface area contributed by atoms with Crippen LogP contribution in [0.5, 0.6) is 0 Å². The summed E-state index contributed by atoms with van der Waals surface area (Å²) in [6, 6.07) is 2.73. The van der Waals surface area contributed by atoms with Gasteiger partial charge in [-0.05, 0) is 36.8 Å². The van der Waals surface area contributed by atoms with Crippen LogP contribution in [0.2, 0.25) is 0 Å². The molecule has 2 N–H and O–H groups in total. The zero-order chi connectivity index (χ0) is 14.9. The Morgan fingerprint density at radius 3 is 2.65 bits per heavy atom. The molecule has 1 aromatic rings. The van der Waals surface area contributed by atoms with E-state index in [2.05, 4.69) is 10.6 Å². The lowest BCUT2D eigenvalue weighted by Gasteiger charge is -2.29. The SMILES string of the molecule is COC(=O)C1=C(C)NC(=S)N[C@H]1c1ccc(F)c(F)c1. The van der Waals surface area contributed by atoms with E-state index >= 15 is 0 Å². The minimum atomic E-state index is -0.990. The van der Waals surface area contributed by atoms with Crippen LogP contribution in [0.4, 0.5) is 8.78 Å². The molecule has 106 valence electrons. The Hall–Kier alpha value is -2.02. The van der Waals surface area contributed by atoms with Crippen molar-refractivity contribution in [1.29, 1.82) is 0 Å². The fourth-order valence-corrected chi connectivity index (χ4v) is 2.29. The fraction of sp³-hybridized carbons (Fsp3) is 0.231. The number of rotatable bonds is 2. The van der Waals surface area contributed by atoms with Crippen LogP contribution in [0, 0.1) is 11.6 Å². The van der Waals surface area contributed by atoms with Crippen LogP contribution >= 0.6 is 12.2 Å². The van der Waals surface area contributed by atoms with E-state index < -0.39 is 23.6 Å². The summed E-state index contributed by atoms with van der Waals surface area (Å²) < 4.78 is 31.1. The topological polar surface area (TPSA) is 50.4 Å². The van der Waals surface area contributed by atoms with E-state index in [4.69, 9.17) is 17.0 Å². The average Bonchev–Trinajstić information content (AvgIpc) is 2.40. The van der Waals surface area contributed by atoms with Crippen molar-refractivity contribution >= 4 is 23.3 Å². The van der Waals surface area contributed by atoms with E-state index in [9.17, 15) is 13.6 Å². The van der Waals surface area contributed by atoms with Gasteiger partial charge in [0.15, 0.2) is 16.7 Å². The number of hydrogen-bond acceptors (Lipinski definition) is 3. The smallest absolute Gasteiger partial charge is 0.337 e. The van der Waals surface area contributed by atoms with E-state index in [1.54, 1.807) is 6.92 Å². The van der Waals surface area contributed by atoms with E-state index in [-0.39, 0.29) is 5.57 Å². The minimum absolute atomic E-state index is 0.270. The Morgan fingerprint density at radius 2 is 2.05 bits per heavy atom. The molecule has 0 bridgehead atoms. The monoisotopic (exact) mass is 298 g/mol. The van der Waals surface area contributed by atoms with Gasteiger partial charge in [-0.1, -0.05) is 6.07 Å². The molecule has 0 spiro atoms. The maximum Gasteiger partial charge on any atom is 0.337 e. The Morgan fingerprint density at radius 1 is 1.35 bits per heavy atom. The molecule has 0 unspecified atom stereocenters. The predicted molar refractivity (Wildman–Crippen MR) is 72.7 cm³/mol. The van der Waals surface area contributed by atoms with Gasteiger partial charge in [-0.15, -0.1) is 0 Å². The van der Waals surface area contributed by atoms with Crippen molar-refractivity contribution in [3.8, 4) is 0 Å². The first-order valence-electron chi connectivity index (χ1n) is 5.75. The molecule has 0 fully saturated rings. The first-order chi connectivity index (χ1) is 9.43. The van der Waals surface area contributed by atoms with Gasteiger partial charge in [0.05, 0.1) is 18.7 Å². The summed E-state index contributed by atoms with van der Waals surface area (Å²) in [6.45, 7) is 1.66. The predicted octanol–water partition coefficient (Wildman–Crippen LogP) is 1.93. The highest BCUT2D eigenvalue weighted by Gasteiger charge is 2.30. The Kier molecular flexibility index (Phi) is 3.99. The summed E-state index contributed by atoms with van der Waals surface area (Å²) >= 11 is 5.02. The van der Waals surface area contributed by atoms with Crippen molar-refractivity contribution in [2.45, 2.75) is 13.0 Å². The molecule has 1 atom stereocenters. The lowest BCUT2D eigenvalue weighted by atomic mass is 9.95. The number of benzene rings is 1. The van der Waals surface area contributed by atoms with Crippen LogP contribution in [0.15, 0.2) is 29.5 Å². The first kappa shape index (κ1) is 14.4. The molecule has 4 nitrogen and oxygen atoms in total. The third kappa shape index (κ3) is 2.62. The number of thiocarbonyl (C=S) groups is 1. The second kappa shape index (κ2) is 5.54. The third-order valence-corrected chi connectivity index (χ3v) is 3.17. The highest BCUT2D eigenvalue weighted by molar-refractivity contribution is 7.80. The summed E-state index contributed by atoms with van der Waals surface area (Å²) in [4.78, 5) is 11.8. The van der Waals surface area contributed by atoms with E-state index in [1.807, 2.05) is 0 Å². The summed E-state index contributed by atoms with van der Waals surface area (Å²) in [5.41, 5.74) is 1.16. The second-order valence-electron chi connectivity index (χ2n) is 4.24. The fourth-order valence-electron chi connectivity index (χ4n) is 2.02. The molecule has 1 aliphatic rings. The Bertz CT molecular complexity index is 616. The molecule has 0 aliphatic carbocycles. The maximum absolute atomic E-state index is 13.4. The van der Waals surface area contributed by atoms with Crippen molar-refractivity contribution in [3.63, 3.8) is 0 Å². The molecule has 0 saturated heterocycles. The van der Waals surface area contributed by atoms with Gasteiger partial charge < -0.3 is 15.4 Å². The molecule has 1 heterocycles. The van der Waals surface area contributed by atoms with Crippen LogP contribution in [-0.4, -0.2) is 18.2 Å². The molecule has 1 aliphatic heterocycles. The van der Waals surface area contributed by atoms with Crippen molar-refractivity contribution in [2.75, 3.05) is 7.11 Å². The normalized spacial score (nSPS) is 18.4. The van der Waals surface area contributed by atoms with E-state index in [1.165, 1.54) is 13.2 Å². The van der Waals surface area contributed by atoms with Crippen LogP contribution in [0.3, 0.4) is 0 Å². The number of hydrogen-bond donors (Lipinski definition) is 2. The van der Waals surface area contributed by atoms with Gasteiger partial charge >= 0.3 is 5.97 Å². The van der Waals surface area contributed by atoms with Gasteiger partial charge in [-0.2, -0.15) is 0 Å². The molecule has 2 rings (SSSR count). The molecule has 0 saturated carbocycles. The van der Waals surface area contributed by atoms with Crippen LogP contribution in [0.1, 0.15) is 18.5 Å². The molecule has 20 heavy (non-hydrogen) atoms. The molecule has 1 aromatic carbocycles. The lowest BCUT2D eigenvalue weighted by molar-refractivity contribution is -0.136. The third-order valence-electron chi connectivity index (χ3n) is 2.95. The number of halogens is 2. The molecule has 0 aromatic heterocycles. The highest BCUT2D eigenvalue weighted by atomic mass is 32.1. The Balaban J connectivity index is 2.50. The number of carbonyl (C=O) groups excluding carboxylic acids is 1. The van der Waals surface area contributed by atoms with Crippen LogP contribution in [0.25, 0.3) is 0 Å². The number of carbonyl (C=O) groups is 1. The van der Waals surface area contributed by atoms with Crippen LogP contribution < -0.4 is 10.6 Å². The molecule has 7 heteroatoms. The van der Waals surface area contributed by atoms with Gasteiger partial charge in [0.2, 0.25) is 0 Å². The summed E-state index contributed by atoms with van der Waals surface area (Å²) in [5.74, 6) is -2.51. The highest BCUT2D eigenvalue weighted by Crippen LogP contribution is 2.28. The molecule has 0 radical (unpaired) electrons. The maximum atomic E-state index is 13.4. The number of methoxy groups -OCH3 is 1.